The summed E-state index contributed by atoms with van der Waals surface area (Å²) in [5.74, 6) is 0.521. The molecule has 1 amide bonds. The SMILES string of the molecule is CN(C)c1ccc(C(=N)N2CCCc3cc(C4=NNC(=O)SC4(C)C)ccc32)cc1. The topological polar surface area (TPSA) is 71.8 Å². The molecule has 0 atom stereocenters. The molecule has 2 aliphatic rings. The lowest BCUT2D eigenvalue weighted by Gasteiger charge is -2.33. The van der Waals surface area contributed by atoms with E-state index in [-0.39, 0.29) is 9.99 Å². The third-order valence-electron chi connectivity index (χ3n) is 5.58. The Labute approximate surface area is 181 Å². The number of carbonyl (C=O) groups excluding carboxylic acids is 1. The third kappa shape index (κ3) is 3.81. The standard InChI is InChI=1S/C23H27N5OS/c1-23(2)20(25-26-22(29)30-23)17-9-12-19-16(14-17)6-5-13-28(19)21(24)15-7-10-18(11-8-15)27(3)4/h7-12,14,24H,5-6,13H2,1-4H3,(H,26,29). The minimum absolute atomic E-state index is 0.124. The van der Waals surface area contributed by atoms with Crippen molar-refractivity contribution in [3.63, 3.8) is 0 Å². The summed E-state index contributed by atoms with van der Waals surface area (Å²) in [5, 5.41) is 13.0. The first-order valence-corrected chi connectivity index (χ1v) is 10.9. The maximum atomic E-state index is 11.7. The molecule has 2 N–H and O–H groups in total. The molecule has 0 bridgehead atoms. The van der Waals surface area contributed by atoms with Gasteiger partial charge in [0.05, 0.1) is 10.5 Å². The zero-order valence-corrected chi connectivity index (χ0v) is 18.6. The van der Waals surface area contributed by atoms with Crippen LogP contribution in [0.25, 0.3) is 0 Å². The highest BCUT2D eigenvalue weighted by molar-refractivity contribution is 8.15. The van der Waals surface area contributed by atoms with Gasteiger partial charge in [0.1, 0.15) is 5.84 Å². The van der Waals surface area contributed by atoms with Crippen molar-refractivity contribution >= 4 is 39.9 Å². The summed E-state index contributed by atoms with van der Waals surface area (Å²) < 4.78 is -0.383. The van der Waals surface area contributed by atoms with E-state index in [1.807, 2.05) is 52.2 Å². The van der Waals surface area contributed by atoms with Gasteiger partial charge in [0.15, 0.2) is 0 Å². The van der Waals surface area contributed by atoms with E-state index in [0.717, 1.165) is 47.6 Å². The lowest BCUT2D eigenvalue weighted by atomic mass is 9.93. The van der Waals surface area contributed by atoms with Crippen LogP contribution in [0.1, 0.15) is 37.0 Å². The van der Waals surface area contributed by atoms with Crippen molar-refractivity contribution < 1.29 is 4.79 Å². The lowest BCUT2D eigenvalue weighted by molar-refractivity contribution is 0.260. The zero-order chi connectivity index (χ0) is 21.5. The molecule has 0 saturated heterocycles. The molecule has 0 saturated carbocycles. The van der Waals surface area contributed by atoms with Gasteiger partial charge in [0, 0.05) is 37.6 Å². The molecular weight excluding hydrogens is 394 g/mol. The molecule has 2 aromatic carbocycles. The van der Waals surface area contributed by atoms with Crippen LogP contribution in [-0.2, 0) is 6.42 Å². The number of amidine groups is 1. The molecular formula is C23H27N5OS. The second kappa shape index (κ2) is 7.80. The van der Waals surface area contributed by atoms with Crippen LogP contribution in [0.15, 0.2) is 47.6 Å². The highest BCUT2D eigenvalue weighted by Gasteiger charge is 2.34. The van der Waals surface area contributed by atoms with Crippen molar-refractivity contribution in [2.45, 2.75) is 31.4 Å². The molecule has 2 aliphatic heterocycles. The number of hydrogen-bond acceptors (Lipinski definition) is 5. The molecule has 0 aliphatic carbocycles. The average Bonchev–Trinajstić information content (AvgIpc) is 2.71. The maximum Gasteiger partial charge on any atom is 0.300 e. The Morgan fingerprint density at radius 3 is 2.60 bits per heavy atom. The molecule has 30 heavy (non-hydrogen) atoms. The largest absolute Gasteiger partial charge is 0.378 e. The van der Waals surface area contributed by atoms with Crippen molar-refractivity contribution in [3.05, 3.63) is 59.2 Å². The number of nitrogens with one attached hydrogen (secondary N) is 2. The minimum Gasteiger partial charge on any atom is -0.378 e. The number of rotatable bonds is 3. The Bertz CT molecular complexity index is 1030. The fourth-order valence-electron chi connectivity index (χ4n) is 4.00. The summed E-state index contributed by atoms with van der Waals surface area (Å²) in [6.07, 6.45) is 1.97. The van der Waals surface area contributed by atoms with Gasteiger partial charge in [-0.2, -0.15) is 5.10 Å². The summed E-state index contributed by atoms with van der Waals surface area (Å²) in [4.78, 5) is 15.9. The normalized spacial score (nSPS) is 17.7. The van der Waals surface area contributed by atoms with Gasteiger partial charge in [0.2, 0.25) is 0 Å². The van der Waals surface area contributed by atoms with Crippen LogP contribution in [0.3, 0.4) is 0 Å². The van der Waals surface area contributed by atoms with E-state index in [1.54, 1.807) is 0 Å². The number of hydrogen-bond donors (Lipinski definition) is 2. The smallest absolute Gasteiger partial charge is 0.300 e. The second-order valence-electron chi connectivity index (χ2n) is 8.36. The van der Waals surface area contributed by atoms with Crippen LogP contribution >= 0.6 is 11.8 Å². The highest BCUT2D eigenvalue weighted by Crippen LogP contribution is 2.35. The molecule has 0 spiro atoms. The highest BCUT2D eigenvalue weighted by atomic mass is 32.2. The van der Waals surface area contributed by atoms with Crippen molar-refractivity contribution in [1.29, 1.82) is 5.41 Å². The molecule has 4 rings (SSSR count). The first kappa shape index (κ1) is 20.5. The number of hydrazone groups is 1. The number of fused-ring (bicyclic) bond motifs is 1. The zero-order valence-electron chi connectivity index (χ0n) is 17.8. The van der Waals surface area contributed by atoms with Gasteiger partial charge in [-0.15, -0.1) is 0 Å². The second-order valence-corrected chi connectivity index (χ2v) is 9.96. The number of carbonyl (C=O) groups is 1. The number of thioether (sulfide) groups is 1. The number of benzene rings is 2. The lowest BCUT2D eigenvalue weighted by Crippen LogP contribution is -2.39. The van der Waals surface area contributed by atoms with Crippen LogP contribution in [0, 0.1) is 5.41 Å². The Morgan fingerprint density at radius 1 is 1.20 bits per heavy atom. The molecule has 2 heterocycles. The fourth-order valence-corrected chi connectivity index (χ4v) is 4.82. The van der Waals surface area contributed by atoms with Crippen LogP contribution in [0.5, 0.6) is 0 Å². The molecule has 0 unspecified atom stereocenters. The van der Waals surface area contributed by atoms with E-state index < -0.39 is 0 Å². The van der Waals surface area contributed by atoms with E-state index in [4.69, 9.17) is 5.41 Å². The van der Waals surface area contributed by atoms with Gasteiger partial charge in [0.25, 0.3) is 5.24 Å². The summed E-state index contributed by atoms with van der Waals surface area (Å²) in [6.45, 7) is 4.88. The number of aryl methyl sites for hydroxylation is 1. The van der Waals surface area contributed by atoms with Crippen LogP contribution in [0.2, 0.25) is 0 Å². The summed E-state index contributed by atoms with van der Waals surface area (Å²) in [7, 11) is 4.03. The number of nitrogens with zero attached hydrogens (tertiary/aromatic N) is 3. The molecule has 0 radical (unpaired) electrons. The van der Waals surface area contributed by atoms with Crippen molar-refractivity contribution in [3.8, 4) is 0 Å². The van der Waals surface area contributed by atoms with Crippen LogP contribution in [-0.4, -0.2) is 42.2 Å². The van der Waals surface area contributed by atoms with Gasteiger partial charge in [-0.3, -0.25) is 10.2 Å². The van der Waals surface area contributed by atoms with E-state index in [2.05, 4.69) is 38.5 Å². The summed E-state index contributed by atoms with van der Waals surface area (Å²) in [5.41, 5.74) is 8.82. The van der Waals surface area contributed by atoms with Gasteiger partial charge in [-0.05, 0) is 74.2 Å². The number of anilines is 2. The first-order chi connectivity index (χ1) is 14.3. The quantitative estimate of drug-likeness (QED) is 0.567. The average molecular weight is 422 g/mol. The van der Waals surface area contributed by atoms with Gasteiger partial charge in [-0.25, -0.2) is 5.43 Å². The predicted molar refractivity (Wildman–Crippen MR) is 126 cm³/mol. The summed E-state index contributed by atoms with van der Waals surface area (Å²) >= 11 is 1.26. The van der Waals surface area contributed by atoms with Crippen molar-refractivity contribution in [2.24, 2.45) is 5.10 Å². The molecule has 6 nitrogen and oxygen atoms in total. The van der Waals surface area contributed by atoms with Gasteiger partial charge < -0.3 is 9.80 Å². The Hall–Kier alpha value is -2.80. The number of amides is 1. The van der Waals surface area contributed by atoms with E-state index in [9.17, 15) is 4.79 Å². The van der Waals surface area contributed by atoms with Crippen LogP contribution in [0.4, 0.5) is 16.2 Å². The Morgan fingerprint density at radius 2 is 1.93 bits per heavy atom. The van der Waals surface area contributed by atoms with Crippen molar-refractivity contribution in [1.82, 2.24) is 5.43 Å². The maximum absolute atomic E-state index is 11.7. The van der Waals surface area contributed by atoms with Crippen molar-refractivity contribution in [2.75, 3.05) is 30.4 Å². The fraction of sp³-hybridized carbons (Fsp3) is 0.348. The Kier molecular flexibility index (Phi) is 5.32. The van der Waals surface area contributed by atoms with Gasteiger partial charge in [-0.1, -0.05) is 17.8 Å². The first-order valence-electron chi connectivity index (χ1n) is 10.1. The monoisotopic (exact) mass is 421 g/mol. The van der Waals surface area contributed by atoms with E-state index in [1.165, 1.54) is 17.3 Å². The predicted octanol–water partition coefficient (Wildman–Crippen LogP) is 4.47. The molecule has 2 aromatic rings. The molecule has 0 fully saturated rings. The summed E-state index contributed by atoms with van der Waals surface area (Å²) in [6, 6.07) is 14.4. The Balaban J connectivity index is 1.64. The molecule has 0 aromatic heterocycles. The molecule has 7 heteroatoms. The molecule has 156 valence electrons. The third-order valence-corrected chi connectivity index (χ3v) is 6.56. The van der Waals surface area contributed by atoms with E-state index >= 15 is 0 Å². The van der Waals surface area contributed by atoms with Crippen LogP contribution < -0.4 is 15.2 Å². The minimum atomic E-state index is -0.383. The van der Waals surface area contributed by atoms with E-state index in [0.29, 0.717) is 5.84 Å². The van der Waals surface area contributed by atoms with Gasteiger partial charge >= 0.3 is 0 Å².